The molecule has 17 amide bonds. The maximum atomic E-state index is 14.8. The van der Waals surface area contributed by atoms with E-state index < -0.39 is 264 Å². The Bertz CT molecular complexity index is 5150. The Labute approximate surface area is 822 Å². The molecule has 0 radical (unpaired) electrons. The average molecular weight is 2010 g/mol. The molecule has 1 aliphatic rings. The fourth-order valence-corrected chi connectivity index (χ4v) is 15.7. The van der Waals surface area contributed by atoms with E-state index in [1.165, 1.54) is 69.3 Å². The smallest absolute Gasteiger partial charge is 0.326 e. The van der Waals surface area contributed by atoms with Gasteiger partial charge in [-0.15, -0.1) is 0 Å². The number of thiol groups is 2. The Kier molecular flexibility index (Phi) is 46.6. The number of aliphatic hydroxyl groups is 1. The summed E-state index contributed by atoms with van der Waals surface area (Å²) in [5, 5.41) is 90.5. The van der Waals surface area contributed by atoms with Crippen molar-refractivity contribution in [3.63, 3.8) is 0 Å². The van der Waals surface area contributed by atoms with E-state index in [1.54, 1.807) is 94.7 Å². The van der Waals surface area contributed by atoms with E-state index in [0.29, 0.717) is 39.7 Å². The Morgan fingerprint density at radius 1 is 0.493 bits per heavy atom. The van der Waals surface area contributed by atoms with Gasteiger partial charge in [0.15, 0.2) is 0 Å². The second-order valence-corrected chi connectivity index (χ2v) is 36.6. The summed E-state index contributed by atoms with van der Waals surface area (Å²) in [6, 6.07) is -5.16. The average Bonchev–Trinajstić information content (AvgIpc) is 1.67. The number of nitrogens with zero attached hydrogens (tertiary/aromatic N) is 2. The first-order valence-electron chi connectivity index (χ1n) is 45.5. The molecule has 0 spiro atoms. The highest BCUT2D eigenvalue weighted by Gasteiger charge is 2.44. The van der Waals surface area contributed by atoms with Crippen LogP contribution in [-0.4, -0.2) is 309 Å². The molecule has 25 N–H and O–H groups in total. The number of aliphatic carboxylic acids is 3. The van der Waals surface area contributed by atoms with Crippen LogP contribution in [0.15, 0.2) is 97.6 Å². The van der Waals surface area contributed by atoms with E-state index in [0.717, 1.165) is 11.8 Å². The summed E-state index contributed by atoms with van der Waals surface area (Å²) >= 11 is 9.82. The molecule has 19 atom stereocenters. The minimum Gasteiger partial charge on any atom is -0.508 e. The molecule has 6 rings (SSSR count). The predicted octanol–water partition coefficient (Wildman–Crippen LogP) is -3.59. The molecule has 1 aliphatic heterocycles. The lowest BCUT2D eigenvalue weighted by Gasteiger charge is -2.30. The summed E-state index contributed by atoms with van der Waals surface area (Å²) in [6.07, 6.45) is 2.05. The number of carbonyl (C=O) groups is 20. The number of para-hydroxylation sites is 1. The maximum Gasteiger partial charge on any atom is 0.326 e. The summed E-state index contributed by atoms with van der Waals surface area (Å²) in [4.78, 5) is 286. The van der Waals surface area contributed by atoms with Crippen molar-refractivity contribution in [3.05, 3.63) is 120 Å². The molecular formula is C91H129N21O25S3. The zero-order chi connectivity index (χ0) is 104. The van der Waals surface area contributed by atoms with Crippen LogP contribution in [0.5, 0.6) is 5.75 Å². The fourth-order valence-electron chi connectivity index (χ4n) is 14.8. The number of hydrogen-bond acceptors (Lipinski definition) is 27. The minimum absolute atomic E-state index is 0.00335. The summed E-state index contributed by atoms with van der Waals surface area (Å²) in [5.41, 5.74) is 8.49. The third-order valence-corrected chi connectivity index (χ3v) is 24.2. The van der Waals surface area contributed by atoms with Crippen LogP contribution in [0, 0.1) is 17.8 Å². The number of aromatic nitrogens is 3. The highest BCUT2D eigenvalue weighted by Crippen LogP contribution is 2.24. The van der Waals surface area contributed by atoms with Crippen molar-refractivity contribution < 1.29 is 121 Å². The number of rotatable bonds is 57. The lowest BCUT2D eigenvalue weighted by atomic mass is 9.95. The van der Waals surface area contributed by atoms with E-state index in [1.807, 2.05) is 13.8 Å². The van der Waals surface area contributed by atoms with E-state index in [-0.39, 0.29) is 81.1 Å². The first kappa shape index (κ1) is 115. The molecule has 0 aliphatic carbocycles. The normalized spacial score (nSPS) is 16.2. The van der Waals surface area contributed by atoms with Crippen molar-refractivity contribution in [1.82, 2.24) is 105 Å². The SMILES string of the molecule is CC[C@H](C)[C@H](NC(=O)[C@@H](NC(=O)[C@H](C)NC(=O)CNC(=O)[C@H](CCSC)NC(=O)[C@@H]1CCCN1C(=O)[C@H](CC(=O)O)NC(=O)[C@H](Cc1ccccc1)NC(=O)[C@H](C)NC(=O)[C@H](CS)NC(=O)[C@H](C)NC(=O)[C@H](Cc1cnc[nH]1)NC(=O)[C@@H](N)CC(C)C)C(C)C)C(=O)N[C@@H](Cc1c[nH]c2ccccc12)C(=O)N[C@@H](CS)C(=O)N[C@H](C(=O)N[C@@H](Cc1ccc(O)cc1)C(=O)N[C@@H](CC(=O)O)C(=O)O)[C@@H](C)O. The van der Waals surface area contributed by atoms with Crippen molar-refractivity contribution in [2.75, 3.05) is 36.6 Å². The number of H-pyrrole nitrogens is 2. The van der Waals surface area contributed by atoms with Gasteiger partial charge < -0.3 is 131 Å². The number of nitrogens with one attached hydrogen (secondary N) is 18. The van der Waals surface area contributed by atoms with Crippen LogP contribution in [-0.2, 0) is 122 Å². The topological polar surface area (TPSA) is 709 Å². The number of nitrogens with two attached hydrogens (primary N) is 1. The van der Waals surface area contributed by atoms with Gasteiger partial charge in [-0.25, -0.2) is 9.78 Å². The van der Waals surface area contributed by atoms with Gasteiger partial charge in [-0.1, -0.05) is 109 Å². The van der Waals surface area contributed by atoms with Crippen LogP contribution < -0.4 is 90.8 Å². The Balaban J connectivity index is 1.08. The Morgan fingerprint density at radius 2 is 0.957 bits per heavy atom. The predicted molar refractivity (Wildman–Crippen MR) is 516 cm³/mol. The molecule has 1 saturated heterocycles. The molecular weight excluding hydrogens is 1880 g/mol. The number of carboxylic acid groups (broad SMARTS) is 3. The molecule has 140 heavy (non-hydrogen) atoms. The zero-order valence-electron chi connectivity index (χ0n) is 79.4. The van der Waals surface area contributed by atoms with Gasteiger partial charge in [-0.05, 0) is 118 Å². The fraction of sp³-hybridized carbons (Fsp3) is 0.527. The minimum atomic E-state index is -1.97. The van der Waals surface area contributed by atoms with Gasteiger partial charge in [-0.2, -0.15) is 37.0 Å². The van der Waals surface area contributed by atoms with Gasteiger partial charge in [0.05, 0.1) is 37.9 Å². The standard InChI is InChI=1S/C91H129N21O25S3/c1-12-46(6)73(88(133)104-62(34-53-38-94-58-22-17-16-21-56(53)58)83(128)108-67(42-139)85(130)111-74(50(10)113)89(134)103-61(33-52-24-26-55(114)27-25-52)82(127)106-65(91(136)137)37-71(118)119)110-87(132)72(45(4)5)109-77(122)47(7)97-69(115)40-95-79(124)59(28-30-140-11)100-86(131)68-23-18-29-112(68)90(135)64(36-70(116)117)105-81(126)60(32-51-19-14-13-15-20-51)101-75(120)48(8)99-84(129)66(41-138)107-76(121)49(9)98-80(125)63(35-54-39-93-43-96-54)102-78(123)57(92)31-44(2)3/h13-17,19-22,24-27,38-39,43-50,57,59-68,72-74,94,113-114,138-139H,12,18,23,28-37,40-42,92H2,1-11H3,(H,93,96)(H,95,124)(H,97,115)(H,98,125)(H,99,129)(H,100,131)(H,101,120)(H,102,123)(H,103,134)(H,104,133)(H,105,126)(H,106,127)(H,107,121)(H,108,128)(H,109,122)(H,110,132)(H,111,130)(H,116,117)(H,118,119)(H,136,137)/t46-,47-,48-,49-,50+,57-,59-,60-,61-,62-,63-,64-,65-,66-,67-,68-,72-,73-,74-/m0/s1. The number of likely N-dealkylation sites (tertiary alicyclic amines) is 1. The highest BCUT2D eigenvalue weighted by atomic mass is 32.2. The first-order valence-corrected chi connectivity index (χ1v) is 48.1. The molecule has 766 valence electrons. The molecule has 1 fully saturated rings. The number of hydrogen-bond donors (Lipinski definition) is 26. The van der Waals surface area contributed by atoms with E-state index in [2.05, 4.69) is 125 Å². The highest BCUT2D eigenvalue weighted by molar-refractivity contribution is 7.98. The quantitative estimate of drug-likeness (QED) is 0.0167. The van der Waals surface area contributed by atoms with Crippen molar-refractivity contribution in [1.29, 1.82) is 0 Å². The number of carbonyl (C=O) groups excluding carboxylic acids is 17. The van der Waals surface area contributed by atoms with Crippen LogP contribution in [0.1, 0.15) is 137 Å². The van der Waals surface area contributed by atoms with Gasteiger partial charge in [0.2, 0.25) is 100 Å². The number of aromatic amines is 2. The van der Waals surface area contributed by atoms with Gasteiger partial charge in [0.1, 0.15) is 102 Å². The summed E-state index contributed by atoms with van der Waals surface area (Å²) < 4.78 is 0. The number of amides is 17. The summed E-state index contributed by atoms with van der Waals surface area (Å²) in [5.74, 6) is -23.0. The molecule has 0 saturated carbocycles. The van der Waals surface area contributed by atoms with Crippen molar-refractivity contribution in [3.8, 4) is 5.75 Å². The molecule has 3 heterocycles. The number of thioether (sulfide) groups is 1. The van der Waals surface area contributed by atoms with Gasteiger partial charge in [-0.3, -0.25) is 91.1 Å². The Morgan fingerprint density at radius 3 is 1.50 bits per heavy atom. The second-order valence-electron chi connectivity index (χ2n) is 34.9. The van der Waals surface area contributed by atoms with E-state index in [4.69, 9.17) is 5.73 Å². The molecule has 3 aromatic carbocycles. The number of aromatic hydroxyl groups is 1. The molecule has 5 aromatic rings. The van der Waals surface area contributed by atoms with Gasteiger partial charge in [0, 0.05) is 72.7 Å². The zero-order valence-corrected chi connectivity index (χ0v) is 82.0. The van der Waals surface area contributed by atoms with Crippen LogP contribution in [0.3, 0.4) is 0 Å². The van der Waals surface area contributed by atoms with Crippen LogP contribution >= 0.6 is 37.0 Å². The number of phenolic OH excluding ortho intramolecular Hbond substituents is 1. The largest absolute Gasteiger partial charge is 0.508 e. The number of carboxylic acids is 3. The number of imidazole rings is 1. The molecule has 46 nitrogen and oxygen atoms in total. The summed E-state index contributed by atoms with van der Waals surface area (Å²) in [6.45, 7) is 14.3. The number of benzene rings is 3. The molecule has 49 heteroatoms. The number of fused-ring (bicyclic) bond motifs is 1. The van der Waals surface area contributed by atoms with Gasteiger partial charge in [0.25, 0.3) is 0 Å². The number of phenols is 1. The van der Waals surface area contributed by atoms with Crippen molar-refractivity contribution in [2.24, 2.45) is 23.5 Å². The molecule has 2 aromatic heterocycles. The van der Waals surface area contributed by atoms with Crippen molar-refractivity contribution >= 4 is 166 Å². The second kappa shape index (κ2) is 56.6. The van der Waals surface area contributed by atoms with Crippen LogP contribution in [0.2, 0.25) is 0 Å². The van der Waals surface area contributed by atoms with Gasteiger partial charge >= 0.3 is 17.9 Å². The first-order chi connectivity index (χ1) is 66.2. The lowest BCUT2D eigenvalue weighted by Crippen LogP contribution is -2.63. The third kappa shape index (κ3) is 36.4. The third-order valence-electron chi connectivity index (χ3n) is 22.8. The van der Waals surface area contributed by atoms with Crippen molar-refractivity contribution in [2.45, 2.75) is 249 Å². The van der Waals surface area contributed by atoms with E-state index >= 15 is 0 Å². The molecule has 0 unspecified atom stereocenters. The lowest BCUT2D eigenvalue weighted by molar-refractivity contribution is -0.147. The molecule has 0 bridgehead atoms. The monoisotopic (exact) mass is 2010 g/mol. The van der Waals surface area contributed by atoms with E-state index in [9.17, 15) is 121 Å². The summed E-state index contributed by atoms with van der Waals surface area (Å²) in [7, 11) is 0. The van der Waals surface area contributed by atoms with Crippen LogP contribution in [0.4, 0.5) is 0 Å². The maximum absolute atomic E-state index is 14.8. The Hall–Kier alpha value is -13.4. The van der Waals surface area contributed by atoms with Crippen LogP contribution in [0.25, 0.3) is 10.9 Å². The number of aliphatic hydroxyl groups excluding tert-OH is 1.